The van der Waals surface area contributed by atoms with Crippen LogP contribution in [0.2, 0.25) is 0 Å². The highest BCUT2D eigenvalue weighted by molar-refractivity contribution is 7.90. The van der Waals surface area contributed by atoms with Crippen LogP contribution in [-0.2, 0) is 16.4 Å². The Labute approximate surface area is 170 Å². The van der Waals surface area contributed by atoms with Crippen molar-refractivity contribution in [1.82, 2.24) is 10.6 Å². The van der Waals surface area contributed by atoms with E-state index in [1.807, 2.05) is 26.0 Å². The molecule has 1 saturated carbocycles. The lowest BCUT2D eigenvalue weighted by atomic mass is 9.98. The predicted octanol–water partition coefficient (Wildman–Crippen LogP) is 3.28. The standard InChI is InChI=1S/C21H35N3O3S/c1-4-22-21(24-17(2)14-15-28(3,25)26)23-16-18-10-12-20(13-11-18)27-19-8-6-5-7-9-19/h10-13,17,19H,4-9,14-16H2,1-3H3,(H2,22,23,24). The highest BCUT2D eigenvalue weighted by Crippen LogP contribution is 2.23. The van der Waals surface area contributed by atoms with Gasteiger partial charge in [-0.25, -0.2) is 13.4 Å². The average Bonchev–Trinajstić information content (AvgIpc) is 2.66. The monoisotopic (exact) mass is 409 g/mol. The molecule has 0 aromatic heterocycles. The minimum atomic E-state index is -2.95. The fourth-order valence-electron chi connectivity index (χ4n) is 3.24. The van der Waals surface area contributed by atoms with E-state index in [0.29, 0.717) is 25.0 Å². The van der Waals surface area contributed by atoms with Crippen LogP contribution < -0.4 is 15.4 Å². The van der Waals surface area contributed by atoms with Gasteiger partial charge in [-0.2, -0.15) is 0 Å². The largest absolute Gasteiger partial charge is 0.490 e. The van der Waals surface area contributed by atoms with Crippen molar-refractivity contribution in [1.29, 1.82) is 0 Å². The number of sulfone groups is 1. The molecular weight excluding hydrogens is 374 g/mol. The summed E-state index contributed by atoms with van der Waals surface area (Å²) in [4.78, 5) is 4.62. The first-order valence-electron chi connectivity index (χ1n) is 10.3. The second-order valence-electron chi connectivity index (χ2n) is 7.68. The van der Waals surface area contributed by atoms with E-state index in [1.54, 1.807) is 0 Å². The van der Waals surface area contributed by atoms with Crippen LogP contribution in [0.4, 0.5) is 0 Å². The summed E-state index contributed by atoms with van der Waals surface area (Å²) >= 11 is 0. The van der Waals surface area contributed by atoms with Gasteiger partial charge in [-0.15, -0.1) is 0 Å². The van der Waals surface area contributed by atoms with Gasteiger partial charge < -0.3 is 15.4 Å². The van der Waals surface area contributed by atoms with Crippen LogP contribution in [-0.4, -0.2) is 45.1 Å². The maximum atomic E-state index is 11.3. The van der Waals surface area contributed by atoms with E-state index in [4.69, 9.17) is 4.74 Å². The van der Waals surface area contributed by atoms with Crippen molar-refractivity contribution in [3.8, 4) is 5.75 Å². The van der Waals surface area contributed by atoms with Crippen LogP contribution in [0.3, 0.4) is 0 Å². The molecule has 2 N–H and O–H groups in total. The lowest BCUT2D eigenvalue weighted by Gasteiger charge is -2.23. The number of ether oxygens (including phenoxy) is 1. The van der Waals surface area contributed by atoms with Crippen molar-refractivity contribution >= 4 is 15.8 Å². The molecule has 0 bridgehead atoms. The summed E-state index contributed by atoms with van der Waals surface area (Å²) in [6.45, 7) is 5.28. The minimum absolute atomic E-state index is 0.0267. The highest BCUT2D eigenvalue weighted by atomic mass is 32.2. The van der Waals surface area contributed by atoms with Gasteiger partial charge in [0.05, 0.1) is 18.4 Å². The topological polar surface area (TPSA) is 79.8 Å². The van der Waals surface area contributed by atoms with Crippen molar-refractivity contribution in [2.45, 2.75) is 71.1 Å². The van der Waals surface area contributed by atoms with Gasteiger partial charge in [0.2, 0.25) is 0 Å². The van der Waals surface area contributed by atoms with Gasteiger partial charge in [0.25, 0.3) is 0 Å². The van der Waals surface area contributed by atoms with E-state index in [1.165, 1.54) is 25.5 Å². The van der Waals surface area contributed by atoms with E-state index >= 15 is 0 Å². The molecule has 1 unspecified atom stereocenters. The molecular formula is C21H35N3O3S. The zero-order chi connectivity index (χ0) is 20.4. The molecule has 1 fully saturated rings. The van der Waals surface area contributed by atoms with Crippen molar-refractivity contribution in [3.05, 3.63) is 29.8 Å². The number of hydrogen-bond donors (Lipinski definition) is 2. The van der Waals surface area contributed by atoms with Gasteiger partial charge in [-0.3, -0.25) is 0 Å². The minimum Gasteiger partial charge on any atom is -0.490 e. The van der Waals surface area contributed by atoms with Crippen molar-refractivity contribution in [2.75, 3.05) is 18.6 Å². The van der Waals surface area contributed by atoms with E-state index in [9.17, 15) is 8.42 Å². The molecule has 2 rings (SSSR count). The quantitative estimate of drug-likeness (QED) is 0.483. The fourth-order valence-corrected chi connectivity index (χ4v) is 4.02. The van der Waals surface area contributed by atoms with Gasteiger partial charge >= 0.3 is 0 Å². The first-order chi connectivity index (χ1) is 13.4. The molecule has 1 aromatic carbocycles. The zero-order valence-corrected chi connectivity index (χ0v) is 18.2. The normalized spacial score (nSPS) is 17.2. The zero-order valence-electron chi connectivity index (χ0n) is 17.4. The van der Waals surface area contributed by atoms with E-state index < -0.39 is 9.84 Å². The van der Waals surface area contributed by atoms with Crippen LogP contribution in [0.15, 0.2) is 29.3 Å². The van der Waals surface area contributed by atoms with Crippen molar-refractivity contribution in [2.24, 2.45) is 4.99 Å². The number of rotatable bonds is 9. The second kappa shape index (κ2) is 11.3. The number of guanidine groups is 1. The Morgan fingerprint density at radius 2 is 1.89 bits per heavy atom. The SMILES string of the molecule is CCNC(=NCc1ccc(OC2CCCCC2)cc1)NC(C)CCS(C)(=O)=O. The lowest BCUT2D eigenvalue weighted by Crippen LogP contribution is -2.42. The summed E-state index contributed by atoms with van der Waals surface area (Å²) in [6.07, 6.45) is 8.34. The molecule has 0 saturated heterocycles. The second-order valence-corrected chi connectivity index (χ2v) is 9.94. The summed E-state index contributed by atoms with van der Waals surface area (Å²) in [7, 11) is -2.95. The first kappa shape index (κ1) is 22.5. The number of nitrogens with one attached hydrogen (secondary N) is 2. The summed E-state index contributed by atoms with van der Waals surface area (Å²) in [6, 6.07) is 8.18. The number of nitrogens with zero attached hydrogens (tertiary/aromatic N) is 1. The first-order valence-corrected chi connectivity index (χ1v) is 12.4. The summed E-state index contributed by atoms with van der Waals surface area (Å²) < 4.78 is 28.7. The Hall–Kier alpha value is -1.76. The number of hydrogen-bond acceptors (Lipinski definition) is 4. The number of benzene rings is 1. The van der Waals surface area contributed by atoms with Gasteiger partial charge in [0.1, 0.15) is 15.6 Å². The molecule has 0 radical (unpaired) electrons. The maximum absolute atomic E-state index is 11.3. The van der Waals surface area contributed by atoms with E-state index in [2.05, 4.69) is 27.8 Å². The molecule has 0 aliphatic heterocycles. The van der Waals surface area contributed by atoms with E-state index in [0.717, 1.165) is 30.7 Å². The average molecular weight is 410 g/mol. The van der Waals surface area contributed by atoms with Gasteiger partial charge in [-0.05, 0) is 63.6 Å². The third kappa shape index (κ3) is 8.95. The molecule has 1 aliphatic carbocycles. The molecule has 1 atom stereocenters. The predicted molar refractivity (Wildman–Crippen MR) is 116 cm³/mol. The third-order valence-corrected chi connectivity index (χ3v) is 5.82. The Kier molecular flexibility index (Phi) is 9.09. The summed E-state index contributed by atoms with van der Waals surface area (Å²) in [5, 5.41) is 6.49. The van der Waals surface area contributed by atoms with Gasteiger partial charge in [0, 0.05) is 18.8 Å². The molecule has 0 heterocycles. The lowest BCUT2D eigenvalue weighted by molar-refractivity contribution is 0.155. The Morgan fingerprint density at radius 1 is 1.21 bits per heavy atom. The van der Waals surface area contributed by atoms with Crippen LogP contribution in [0.25, 0.3) is 0 Å². The van der Waals surface area contributed by atoms with Crippen LogP contribution in [0, 0.1) is 0 Å². The Morgan fingerprint density at radius 3 is 2.50 bits per heavy atom. The smallest absolute Gasteiger partial charge is 0.191 e. The molecule has 0 amide bonds. The fraction of sp³-hybridized carbons (Fsp3) is 0.667. The van der Waals surface area contributed by atoms with Crippen molar-refractivity contribution < 1.29 is 13.2 Å². The molecule has 1 aromatic rings. The van der Waals surface area contributed by atoms with E-state index in [-0.39, 0.29) is 11.8 Å². The van der Waals surface area contributed by atoms with Crippen molar-refractivity contribution in [3.63, 3.8) is 0 Å². The molecule has 1 aliphatic rings. The maximum Gasteiger partial charge on any atom is 0.191 e. The number of aliphatic imine (C=N–C) groups is 1. The van der Waals surface area contributed by atoms with Gasteiger partial charge in [-0.1, -0.05) is 18.6 Å². The van der Waals surface area contributed by atoms with Crippen LogP contribution in [0.5, 0.6) is 5.75 Å². The highest BCUT2D eigenvalue weighted by Gasteiger charge is 2.14. The van der Waals surface area contributed by atoms with Crippen LogP contribution >= 0.6 is 0 Å². The van der Waals surface area contributed by atoms with Crippen LogP contribution in [0.1, 0.15) is 57.9 Å². The summed E-state index contributed by atoms with van der Waals surface area (Å²) in [5.74, 6) is 1.80. The summed E-state index contributed by atoms with van der Waals surface area (Å²) in [5.41, 5.74) is 1.11. The molecule has 0 spiro atoms. The molecule has 158 valence electrons. The van der Waals surface area contributed by atoms with Gasteiger partial charge in [0.15, 0.2) is 5.96 Å². The Balaban J connectivity index is 1.86. The third-order valence-electron chi connectivity index (χ3n) is 4.85. The Bertz CT molecular complexity index is 711. The molecule has 6 nitrogen and oxygen atoms in total. The molecule has 28 heavy (non-hydrogen) atoms. The molecule has 7 heteroatoms.